The van der Waals surface area contributed by atoms with Crippen molar-refractivity contribution in [1.29, 1.82) is 0 Å². The number of nitrogens with one attached hydrogen (secondary N) is 1. The van der Waals surface area contributed by atoms with Gasteiger partial charge in [-0.1, -0.05) is 26.8 Å². The van der Waals surface area contributed by atoms with Crippen molar-refractivity contribution in [2.45, 2.75) is 65.5 Å². The van der Waals surface area contributed by atoms with Crippen molar-refractivity contribution >= 4 is 0 Å². The minimum Gasteiger partial charge on any atom is -0.311 e. The predicted molar refractivity (Wildman–Crippen MR) is 70.4 cm³/mol. The third-order valence-electron chi connectivity index (χ3n) is 5.80. The smallest absolute Gasteiger partial charge is 0.0131 e. The molecule has 0 saturated heterocycles. The zero-order chi connectivity index (χ0) is 12.0. The van der Waals surface area contributed by atoms with Gasteiger partial charge in [0.15, 0.2) is 0 Å². The molecule has 1 nitrogen and oxygen atoms in total. The van der Waals surface area contributed by atoms with Crippen molar-refractivity contribution in [3.63, 3.8) is 0 Å². The van der Waals surface area contributed by atoms with Gasteiger partial charge in [-0.3, -0.25) is 0 Å². The van der Waals surface area contributed by atoms with Crippen LogP contribution in [0, 0.1) is 16.7 Å². The van der Waals surface area contributed by atoms with Gasteiger partial charge in [-0.05, 0) is 49.4 Å². The molecule has 2 aliphatic carbocycles. The van der Waals surface area contributed by atoms with Gasteiger partial charge >= 0.3 is 0 Å². The molecule has 4 atom stereocenters. The van der Waals surface area contributed by atoms with Crippen LogP contribution < -0.4 is 5.32 Å². The first kappa shape index (κ1) is 12.2. The molecule has 16 heavy (non-hydrogen) atoms. The van der Waals surface area contributed by atoms with Gasteiger partial charge in [0.05, 0.1) is 0 Å². The van der Waals surface area contributed by atoms with Gasteiger partial charge in [0.2, 0.25) is 0 Å². The van der Waals surface area contributed by atoms with Crippen molar-refractivity contribution in [1.82, 2.24) is 5.32 Å². The van der Waals surface area contributed by atoms with Gasteiger partial charge in [0.25, 0.3) is 0 Å². The highest BCUT2D eigenvalue weighted by Gasteiger charge is 2.61. The molecule has 2 rings (SSSR count). The fourth-order valence-corrected chi connectivity index (χ4v) is 4.12. The number of fused-ring (bicyclic) bond motifs is 2. The molecular weight excluding hydrogens is 194 g/mol. The molecule has 2 bridgehead atoms. The SMILES string of the molecule is C=CCC(C)NC1CC2CCC1(C)C2(C)C. The summed E-state index contributed by atoms with van der Waals surface area (Å²) in [5, 5.41) is 3.84. The van der Waals surface area contributed by atoms with E-state index in [1.165, 1.54) is 19.3 Å². The van der Waals surface area contributed by atoms with Crippen LogP contribution >= 0.6 is 0 Å². The van der Waals surface area contributed by atoms with Crippen LogP contribution in [0.25, 0.3) is 0 Å². The standard InChI is InChI=1S/C15H27N/c1-6-7-11(2)16-13-10-12-8-9-15(13,5)14(12,3)4/h6,11-13,16H,1,7-10H2,2-5H3. The van der Waals surface area contributed by atoms with Gasteiger partial charge < -0.3 is 5.32 Å². The summed E-state index contributed by atoms with van der Waals surface area (Å²) < 4.78 is 0. The highest BCUT2D eigenvalue weighted by atomic mass is 15.0. The Morgan fingerprint density at radius 3 is 2.56 bits per heavy atom. The fourth-order valence-electron chi connectivity index (χ4n) is 4.12. The molecule has 0 aromatic heterocycles. The van der Waals surface area contributed by atoms with Gasteiger partial charge in [-0.2, -0.15) is 0 Å². The highest BCUT2D eigenvalue weighted by molar-refractivity contribution is 5.13. The number of rotatable bonds is 4. The summed E-state index contributed by atoms with van der Waals surface area (Å²) >= 11 is 0. The van der Waals surface area contributed by atoms with E-state index in [0.29, 0.717) is 16.9 Å². The van der Waals surface area contributed by atoms with Crippen LogP contribution in [0.2, 0.25) is 0 Å². The summed E-state index contributed by atoms with van der Waals surface area (Å²) in [4.78, 5) is 0. The Morgan fingerprint density at radius 2 is 2.12 bits per heavy atom. The maximum Gasteiger partial charge on any atom is 0.0131 e. The van der Waals surface area contributed by atoms with Crippen LogP contribution in [0.1, 0.15) is 53.4 Å². The maximum absolute atomic E-state index is 3.84. The Labute approximate surface area is 101 Å². The van der Waals surface area contributed by atoms with Gasteiger partial charge in [0.1, 0.15) is 0 Å². The minimum absolute atomic E-state index is 0.507. The minimum atomic E-state index is 0.507. The maximum atomic E-state index is 3.84. The molecule has 0 heterocycles. The number of hydrogen-bond donors (Lipinski definition) is 1. The Morgan fingerprint density at radius 1 is 1.44 bits per heavy atom. The first-order valence-corrected chi connectivity index (χ1v) is 6.79. The molecular formula is C15H27N. The second kappa shape index (κ2) is 3.87. The molecule has 0 aliphatic heterocycles. The van der Waals surface area contributed by atoms with Crippen LogP contribution in [0.4, 0.5) is 0 Å². The van der Waals surface area contributed by atoms with Crippen molar-refractivity contribution in [2.24, 2.45) is 16.7 Å². The van der Waals surface area contributed by atoms with E-state index in [1.807, 2.05) is 6.08 Å². The first-order valence-electron chi connectivity index (χ1n) is 6.79. The fraction of sp³-hybridized carbons (Fsp3) is 0.867. The summed E-state index contributed by atoms with van der Waals surface area (Å²) in [7, 11) is 0. The second-order valence-electron chi connectivity index (χ2n) is 6.76. The number of hydrogen-bond acceptors (Lipinski definition) is 1. The highest BCUT2D eigenvalue weighted by Crippen LogP contribution is 2.65. The third kappa shape index (κ3) is 1.55. The van der Waals surface area contributed by atoms with Gasteiger partial charge in [-0.25, -0.2) is 0 Å². The van der Waals surface area contributed by atoms with Gasteiger partial charge in [0, 0.05) is 12.1 Å². The van der Waals surface area contributed by atoms with Crippen molar-refractivity contribution in [3.8, 4) is 0 Å². The monoisotopic (exact) mass is 221 g/mol. The van der Waals surface area contributed by atoms with E-state index in [2.05, 4.69) is 39.6 Å². The molecule has 4 unspecified atom stereocenters. The van der Waals surface area contributed by atoms with Crippen LogP contribution in [0.5, 0.6) is 0 Å². The second-order valence-corrected chi connectivity index (χ2v) is 6.76. The topological polar surface area (TPSA) is 12.0 Å². The van der Waals surface area contributed by atoms with Crippen molar-refractivity contribution < 1.29 is 0 Å². The Balaban J connectivity index is 2.07. The largest absolute Gasteiger partial charge is 0.311 e. The quantitative estimate of drug-likeness (QED) is 0.713. The predicted octanol–water partition coefficient (Wildman–Crippen LogP) is 3.76. The molecule has 0 aromatic rings. The molecule has 1 N–H and O–H groups in total. The zero-order valence-electron chi connectivity index (χ0n) is 11.3. The van der Waals surface area contributed by atoms with Crippen molar-refractivity contribution in [2.75, 3.05) is 0 Å². The van der Waals surface area contributed by atoms with E-state index in [0.717, 1.165) is 18.4 Å². The zero-order valence-corrected chi connectivity index (χ0v) is 11.3. The van der Waals surface area contributed by atoms with E-state index in [4.69, 9.17) is 0 Å². The third-order valence-corrected chi connectivity index (χ3v) is 5.80. The normalized spacial score (nSPS) is 42.2. The van der Waals surface area contributed by atoms with E-state index < -0.39 is 0 Å². The average Bonchev–Trinajstić information content (AvgIpc) is 2.51. The lowest BCUT2D eigenvalue weighted by Gasteiger charge is -2.40. The molecule has 2 fully saturated rings. The van der Waals surface area contributed by atoms with E-state index in [-0.39, 0.29) is 0 Å². The van der Waals surface area contributed by atoms with E-state index in [1.54, 1.807) is 0 Å². The van der Waals surface area contributed by atoms with E-state index >= 15 is 0 Å². The van der Waals surface area contributed by atoms with Gasteiger partial charge in [-0.15, -0.1) is 6.58 Å². The average molecular weight is 221 g/mol. The molecule has 1 heteroatoms. The van der Waals surface area contributed by atoms with Crippen LogP contribution in [0.3, 0.4) is 0 Å². The molecule has 2 saturated carbocycles. The first-order chi connectivity index (χ1) is 7.41. The Hall–Kier alpha value is -0.300. The van der Waals surface area contributed by atoms with Crippen LogP contribution in [-0.4, -0.2) is 12.1 Å². The summed E-state index contributed by atoms with van der Waals surface area (Å²) in [6.45, 7) is 13.6. The molecule has 92 valence electrons. The summed E-state index contributed by atoms with van der Waals surface area (Å²) in [5.74, 6) is 0.936. The molecule has 0 amide bonds. The lowest BCUT2D eigenvalue weighted by Crippen LogP contribution is -2.47. The van der Waals surface area contributed by atoms with Crippen LogP contribution in [0.15, 0.2) is 12.7 Å². The molecule has 0 radical (unpaired) electrons. The Kier molecular flexibility index (Phi) is 2.94. The summed E-state index contributed by atoms with van der Waals surface area (Å²) in [5.41, 5.74) is 1.03. The molecule has 0 aromatic carbocycles. The summed E-state index contributed by atoms with van der Waals surface area (Å²) in [6, 6.07) is 1.30. The van der Waals surface area contributed by atoms with E-state index in [9.17, 15) is 0 Å². The molecule has 0 spiro atoms. The Bertz CT molecular complexity index is 281. The summed E-state index contributed by atoms with van der Waals surface area (Å²) in [6.07, 6.45) is 7.33. The van der Waals surface area contributed by atoms with Crippen molar-refractivity contribution in [3.05, 3.63) is 12.7 Å². The molecule has 2 aliphatic rings. The lowest BCUT2D eigenvalue weighted by molar-refractivity contribution is 0.116. The lowest BCUT2D eigenvalue weighted by atomic mass is 9.69. The van der Waals surface area contributed by atoms with Crippen LogP contribution in [-0.2, 0) is 0 Å².